The zero-order chi connectivity index (χ0) is 23.3. The molecule has 1 aliphatic rings. The first kappa shape index (κ1) is 22.8. The molecule has 8 nitrogen and oxygen atoms in total. The molecule has 0 unspecified atom stereocenters. The molecular formula is C24H26N6O2S2. The number of hydrogen-bond acceptors (Lipinski definition) is 8. The second-order valence-electron chi connectivity index (χ2n) is 8.13. The Labute approximate surface area is 206 Å². The van der Waals surface area contributed by atoms with Crippen molar-refractivity contribution in [1.82, 2.24) is 30.0 Å². The van der Waals surface area contributed by atoms with Crippen LogP contribution in [-0.4, -0.2) is 56.7 Å². The number of thioether (sulfide) groups is 1. The second-order valence-corrected chi connectivity index (χ2v) is 10.0. The highest BCUT2D eigenvalue weighted by atomic mass is 32.2. The standard InChI is InChI=1S/C24H26N6O2S2/c1-17-7-2-3-8-19(17)30-22(20-9-6-14-32-20)27-28-24(30)34-16-21-26-18(15-33-21)23(31)25-10-13-29-11-4-5-12-29/h2-3,6-9,14-15H,4-5,10-13,16H2,1H3,(H,25,31). The number of aryl methyl sites for hydroxylation is 1. The summed E-state index contributed by atoms with van der Waals surface area (Å²) in [6, 6.07) is 11.8. The van der Waals surface area contributed by atoms with Gasteiger partial charge in [-0.15, -0.1) is 21.5 Å². The SMILES string of the molecule is Cc1ccccc1-n1c(SCc2nc(C(=O)NCCN3CCCC3)cs2)nnc1-c1ccco1. The van der Waals surface area contributed by atoms with Crippen LogP contribution in [0, 0.1) is 6.92 Å². The second kappa shape index (κ2) is 10.5. The Hall–Kier alpha value is -2.95. The summed E-state index contributed by atoms with van der Waals surface area (Å²) in [5.74, 6) is 1.78. The number of amides is 1. The molecule has 4 heterocycles. The van der Waals surface area contributed by atoms with Crippen LogP contribution < -0.4 is 5.32 Å². The third-order valence-electron chi connectivity index (χ3n) is 5.75. The van der Waals surface area contributed by atoms with Crippen molar-refractivity contribution in [3.05, 3.63) is 64.3 Å². The molecule has 0 atom stereocenters. The average Bonchev–Trinajstić information content (AvgIpc) is 3.65. The third kappa shape index (κ3) is 5.08. The number of carbonyl (C=O) groups is 1. The van der Waals surface area contributed by atoms with Gasteiger partial charge in [0.1, 0.15) is 10.7 Å². The lowest BCUT2D eigenvalue weighted by atomic mass is 10.2. The topological polar surface area (TPSA) is 89.1 Å². The van der Waals surface area contributed by atoms with Crippen LogP contribution in [-0.2, 0) is 5.75 Å². The molecule has 5 rings (SSSR count). The lowest BCUT2D eigenvalue weighted by molar-refractivity contribution is 0.0945. The van der Waals surface area contributed by atoms with Crippen molar-refractivity contribution < 1.29 is 9.21 Å². The lowest BCUT2D eigenvalue weighted by Crippen LogP contribution is -2.33. The van der Waals surface area contributed by atoms with Gasteiger partial charge in [0.15, 0.2) is 10.9 Å². The van der Waals surface area contributed by atoms with E-state index in [-0.39, 0.29) is 5.91 Å². The van der Waals surface area contributed by atoms with Gasteiger partial charge in [0.2, 0.25) is 5.82 Å². The summed E-state index contributed by atoms with van der Waals surface area (Å²) in [7, 11) is 0. The lowest BCUT2D eigenvalue weighted by Gasteiger charge is -2.14. The van der Waals surface area contributed by atoms with Crippen molar-refractivity contribution in [2.75, 3.05) is 26.2 Å². The van der Waals surface area contributed by atoms with E-state index in [4.69, 9.17) is 4.42 Å². The van der Waals surface area contributed by atoms with Crippen molar-refractivity contribution in [2.45, 2.75) is 30.7 Å². The van der Waals surface area contributed by atoms with E-state index < -0.39 is 0 Å². The zero-order valence-electron chi connectivity index (χ0n) is 18.9. The zero-order valence-corrected chi connectivity index (χ0v) is 20.6. The average molecular weight is 495 g/mol. The maximum absolute atomic E-state index is 12.5. The Morgan fingerprint density at radius 2 is 2.03 bits per heavy atom. The van der Waals surface area contributed by atoms with E-state index in [1.807, 2.05) is 40.3 Å². The predicted octanol–water partition coefficient (Wildman–Crippen LogP) is 4.41. The first-order valence-electron chi connectivity index (χ1n) is 11.3. The van der Waals surface area contributed by atoms with Crippen molar-refractivity contribution in [1.29, 1.82) is 0 Å². The Balaban J connectivity index is 1.27. The molecular weight excluding hydrogens is 468 g/mol. The fraction of sp³-hybridized carbons (Fsp3) is 0.333. The van der Waals surface area contributed by atoms with Crippen molar-refractivity contribution in [2.24, 2.45) is 0 Å². The number of nitrogens with zero attached hydrogens (tertiary/aromatic N) is 5. The molecule has 0 radical (unpaired) electrons. The number of hydrogen-bond donors (Lipinski definition) is 1. The fourth-order valence-corrected chi connectivity index (χ4v) is 5.73. The molecule has 4 aromatic rings. The van der Waals surface area contributed by atoms with Gasteiger partial charge in [-0.2, -0.15) is 0 Å². The van der Waals surface area contributed by atoms with Crippen LogP contribution in [0.4, 0.5) is 0 Å². The summed E-state index contributed by atoms with van der Waals surface area (Å²) in [5.41, 5.74) is 2.58. The highest BCUT2D eigenvalue weighted by Crippen LogP contribution is 2.31. The molecule has 10 heteroatoms. The maximum Gasteiger partial charge on any atom is 0.270 e. The van der Waals surface area contributed by atoms with E-state index in [2.05, 4.69) is 38.4 Å². The van der Waals surface area contributed by atoms with Crippen molar-refractivity contribution >= 4 is 29.0 Å². The number of nitrogens with one attached hydrogen (secondary N) is 1. The van der Waals surface area contributed by atoms with Crippen molar-refractivity contribution in [3.63, 3.8) is 0 Å². The number of carbonyl (C=O) groups excluding carboxylic acids is 1. The molecule has 34 heavy (non-hydrogen) atoms. The smallest absolute Gasteiger partial charge is 0.270 e. The van der Waals surface area contributed by atoms with E-state index in [1.165, 1.54) is 35.9 Å². The number of thiazole rings is 1. The van der Waals surface area contributed by atoms with Gasteiger partial charge in [-0.25, -0.2) is 4.98 Å². The molecule has 1 saturated heterocycles. The first-order chi connectivity index (χ1) is 16.7. The quantitative estimate of drug-likeness (QED) is 0.345. The number of para-hydroxylation sites is 1. The van der Waals surface area contributed by atoms with Gasteiger partial charge in [0, 0.05) is 18.5 Å². The fourth-order valence-electron chi connectivity index (χ4n) is 3.99. The Kier molecular flexibility index (Phi) is 7.08. The van der Waals surface area contributed by atoms with Gasteiger partial charge in [-0.1, -0.05) is 30.0 Å². The van der Waals surface area contributed by atoms with E-state index in [9.17, 15) is 4.79 Å². The summed E-state index contributed by atoms with van der Waals surface area (Å²) in [4.78, 5) is 19.4. The van der Waals surface area contributed by atoms with Crippen LogP contribution in [0.2, 0.25) is 0 Å². The van der Waals surface area contributed by atoms with Crippen LogP contribution in [0.1, 0.15) is 33.9 Å². The molecule has 3 aromatic heterocycles. The normalized spacial score (nSPS) is 14.0. The molecule has 1 fully saturated rings. The number of benzene rings is 1. The Morgan fingerprint density at radius 3 is 2.82 bits per heavy atom. The number of furan rings is 1. The molecule has 0 aliphatic carbocycles. The number of aromatic nitrogens is 4. The monoisotopic (exact) mass is 494 g/mol. The van der Waals surface area contributed by atoms with Crippen molar-refractivity contribution in [3.8, 4) is 17.3 Å². The minimum Gasteiger partial charge on any atom is -0.461 e. The van der Waals surface area contributed by atoms with Gasteiger partial charge in [0.25, 0.3) is 5.91 Å². The van der Waals surface area contributed by atoms with Crippen LogP contribution in [0.3, 0.4) is 0 Å². The molecule has 176 valence electrons. The van der Waals surface area contributed by atoms with E-state index >= 15 is 0 Å². The first-order valence-corrected chi connectivity index (χ1v) is 13.2. The molecule has 1 aliphatic heterocycles. The van der Waals surface area contributed by atoms with Crippen LogP contribution in [0.15, 0.2) is 57.6 Å². The Morgan fingerprint density at radius 1 is 1.18 bits per heavy atom. The minimum atomic E-state index is -0.116. The van der Waals surface area contributed by atoms with Crippen LogP contribution in [0.25, 0.3) is 17.3 Å². The van der Waals surface area contributed by atoms with Gasteiger partial charge in [0.05, 0.1) is 17.7 Å². The van der Waals surface area contributed by atoms with Crippen LogP contribution >= 0.6 is 23.1 Å². The van der Waals surface area contributed by atoms with Crippen LogP contribution in [0.5, 0.6) is 0 Å². The molecule has 1 amide bonds. The summed E-state index contributed by atoms with van der Waals surface area (Å²) in [6.07, 6.45) is 4.13. The largest absolute Gasteiger partial charge is 0.461 e. The van der Waals surface area contributed by atoms with E-state index in [0.29, 0.717) is 29.6 Å². The molecule has 0 bridgehead atoms. The molecule has 0 spiro atoms. The summed E-state index contributed by atoms with van der Waals surface area (Å²) in [5, 5.41) is 15.3. The van der Waals surface area contributed by atoms with Gasteiger partial charge in [-0.05, 0) is 56.6 Å². The predicted molar refractivity (Wildman–Crippen MR) is 133 cm³/mol. The molecule has 0 saturated carbocycles. The summed E-state index contributed by atoms with van der Waals surface area (Å²) in [6.45, 7) is 5.86. The Bertz CT molecular complexity index is 1240. The maximum atomic E-state index is 12.5. The molecule has 1 N–H and O–H groups in total. The third-order valence-corrected chi connectivity index (χ3v) is 7.72. The summed E-state index contributed by atoms with van der Waals surface area (Å²) >= 11 is 3.02. The molecule has 1 aromatic carbocycles. The van der Waals surface area contributed by atoms with Gasteiger partial charge < -0.3 is 14.6 Å². The van der Waals surface area contributed by atoms with E-state index in [1.54, 1.807) is 6.26 Å². The number of likely N-dealkylation sites (tertiary alicyclic amines) is 1. The minimum absolute atomic E-state index is 0.116. The highest BCUT2D eigenvalue weighted by Gasteiger charge is 2.20. The highest BCUT2D eigenvalue weighted by molar-refractivity contribution is 7.98. The van der Waals surface area contributed by atoms with E-state index in [0.717, 1.165) is 41.0 Å². The summed E-state index contributed by atoms with van der Waals surface area (Å²) < 4.78 is 7.61. The van der Waals surface area contributed by atoms with Gasteiger partial charge >= 0.3 is 0 Å². The number of rotatable bonds is 9. The van der Waals surface area contributed by atoms with Gasteiger partial charge in [-0.3, -0.25) is 9.36 Å².